The Labute approximate surface area is 243 Å². The van der Waals surface area contributed by atoms with Crippen LogP contribution in [0.4, 0.5) is 0 Å². The van der Waals surface area contributed by atoms with Crippen molar-refractivity contribution >= 4 is 6.08 Å². The number of aliphatic hydroxyl groups is 1. The van der Waals surface area contributed by atoms with Gasteiger partial charge in [0.25, 0.3) is 0 Å². The number of allylic oxidation sites excluding steroid dienone is 7. The van der Waals surface area contributed by atoms with Gasteiger partial charge in [0.15, 0.2) is 5.76 Å². The highest BCUT2D eigenvalue weighted by Gasteiger charge is 2.63. The second kappa shape index (κ2) is 10.8. The number of terminal acetylenes is 1. The quantitative estimate of drug-likeness (QED) is 0.263. The Morgan fingerprint density at radius 2 is 1.77 bits per heavy atom. The Kier molecular flexibility index (Phi) is 7.90. The zero-order valence-electron chi connectivity index (χ0n) is 25.9. The zero-order valence-corrected chi connectivity index (χ0v) is 25.9. The third-order valence-corrected chi connectivity index (χ3v) is 11.7. The van der Waals surface area contributed by atoms with E-state index < -0.39 is 5.60 Å². The van der Waals surface area contributed by atoms with Crippen LogP contribution >= 0.6 is 0 Å². The fourth-order valence-corrected chi connectivity index (χ4v) is 8.94. The molecule has 1 heterocycles. The predicted molar refractivity (Wildman–Crippen MR) is 165 cm³/mol. The van der Waals surface area contributed by atoms with E-state index in [1.54, 1.807) is 5.57 Å². The molecule has 6 unspecified atom stereocenters. The van der Waals surface area contributed by atoms with Gasteiger partial charge >= 0.3 is 0 Å². The first-order valence-corrected chi connectivity index (χ1v) is 15.7. The molecule has 5 aliphatic carbocycles. The molecule has 0 amide bonds. The molecule has 3 fully saturated rings. The molecule has 1 aromatic heterocycles. The first kappa shape index (κ1) is 29.2. The lowest BCUT2D eigenvalue weighted by Gasteiger charge is -2.58. The Bertz CT molecular complexity index is 1270. The lowest BCUT2D eigenvalue weighted by atomic mass is 9.46. The largest absolute Gasteiger partial charge is 0.377 e. The van der Waals surface area contributed by atoms with E-state index in [9.17, 15) is 5.11 Å². The van der Waals surface area contributed by atoms with Crippen molar-refractivity contribution in [2.45, 2.75) is 118 Å². The summed E-state index contributed by atoms with van der Waals surface area (Å²) in [6.07, 6.45) is 31.5. The van der Waals surface area contributed by atoms with Gasteiger partial charge in [-0.05, 0) is 119 Å². The summed E-state index contributed by atoms with van der Waals surface area (Å²) < 4.78 is 5.43. The Hall–Kier alpha value is -2.31. The second-order valence-electron chi connectivity index (χ2n) is 14.8. The fraction of sp³-hybridized carbons (Fsp3) is 0.649. The lowest BCUT2D eigenvalue weighted by molar-refractivity contribution is -0.0975. The van der Waals surface area contributed by atoms with Crippen LogP contribution in [-0.4, -0.2) is 15.9 Å². The van der Waals surface area contributed by atoms with Gasteiger partial charge in [-0.1, -0.05) is 79.8 Å². The minimum atomic E-state index is -0.909. The first-order chi connectivity index (χ1) is 18.9. The number of aromatic nitrogens is 1. The van der Waals surface area contributed by atoms with Gasteiger partial charge in [-0.25, -0.2) is 0 Å². The van der Waals surface area contributed by atoms with Gasteiger partial charge in [-0.3, -0.25) is 0 Å². The van der Waals surface area contributed by atoms with Crippen molar-refractivity contribution in [1.29, 1.82) is 0 Å². The van der Waals surface area contributed by atoms with Crippen molar-refractivity contribution in [2.24, 2.45) is 34.0 Å². The van der Waals surface area contributed by atoms with Gasteiger partial charge in [-0.15, -0.1) is 6.42 Å². The summed E-state index contributed by atoms with van der Waals surface area (Å²) >= 11 is 0. The molecule has 6 rings (SSSR count). The average molecular weight is 542 g/mol. The van der Waals surface area contributed by atoms with Crippen molar-refractivity contribution in [3.8, 4) is 12.3 Å². The van der Waals surface area contributed by atoms with Crippen LogP contribution < -0.4 is 0 Å². The molecule has 5 aliphatic rings. The number of fused-ring (bicyclic) bond motifs is 6. The maximum absolute atomic E-state index is 11.1. The first-order valence-electron chi connectivity index (χ1n) is 15.7. The van der Waals surface area contributed by atoms with Crippen molar-refractivity contribution in [1.82, 2.24) is 5.16 Å². The summed E-state index contributed by atoms with van der Waals surface area (Å²) in [5, 5.41) is 15.1. The number of rotatable bonds is 0. The van der Waals surface area contributed by atoms with Crippen LogP contribution in [0.2, 0.25) is 0 Å². The molecule has 0 spiro atoms. The van der Waals surface area contributed by atoms with Crippen LogP contribution in [0.15, 0.2) is 51.7 Å². The van der Waals surface area contributed by atoms with Crippen molar-refractivity contribution in [3.63, 3.8) is 0 Å². The molecule has 40 heavy (non-hydrogen) atoms. The van der Waals surface area contributed by atoms with Gasteiger partial charge in [0.05, 0.1) is 6.20 Å². The summed E-state index contributed by atoms with van der Waals surface area (Å²) in [6.45, 7) is 13.8. The minimum Gasteiger partial charge on any atom is -0.377 e. The third kappa shape index (κ3) is 5.22. The average Bonchev–Trinajstić information content (AvgIpc) is 3.46. The molecular weight excluding hydrogens is 490 g/mol. The topological polar surface area (TPSA) is 46.3 Å². The smallest absolute Gasteiger partial charge is 0.162 e. The highest BCUT2D eigenvalue weighted by Crippen LogP contribution is 2.67. The Morgan fingerprint density at radius 3 is 2.55 bits per heavy atom. The van der Waals surface area contributed by atoms with Crippen molar-refractivity contribution in [2.75, 3.05) is 0 Å². The highest BCUT2D eigenvalue weighted by atomic mass is 16.5. The van der Waals surface area contributed by atoms with Crippen LogP contribution in [0.25, 0.3) is 6.08 Å². The van der Waals surface area contributed by atoms with E-state index in [-0.39, 0.29) is 10.8 Å². The Balaban J connectivity index is 0.000000186. The molecule has 3 heteroatoms. The van der Waals surface area contributed by atoms with Gasteiger partial charge < -0.3 is 9.63 Å². The monoisotopic (exact) mass is 541 g/mol. The van der Waals surface area contributed by atoms with E-state index in [1.807, 2.05) is 6.20 Å². The van der Waals surface area contributed by atoms with E-state index in [0.717, 1.165) is 57.1 Å². The van der Waals surface area contributed by atoms with Gasteiger partial charge in [0.2, 0.25) is 0 Å². The molecule has 1 aromatic rings. The summed E-state index contributed by atoms with van der Waals surface area (Å²) in [7, 11) is 0. The summed E-state index contributed by atoms with van der Waals surface area (Å²) in [5.41, 5.74) is 5.33. The van der Waals surface area contributed by atoms with E-state index in [2.05, 4.69) is 83.0 Å². The third-order valence-electron chi connectivity index (χ3n) is 11.7. The molecule has 6 atom stereocenters. The number of hydrogen-bond acceptors (Lipinski definition) is 3. The predicted octanol–water partition coefficient (Wildman–Crippen LogP) is 9.26. The molecule has 0 radical (unpaired) electrons. The fourth-order valence-electron chi connectivity index (χ4n) is 8.94. The molecule has 0 aliphatic heterocycles. The molecule has 216 valence electrons. The second-order valence-corrected chi connectivity index (χ2v) is 14.8. The lowest BCUT2D eigenvalue weighted by Crippen LogP contribution is -2.54. The maximum atomic E-state index is 11.1. The summed E-state index contributed by atoms with van der Waals surface area (Å²) in [4.78, 5) is 0. The van der Waals surface area contributed by atoms with Crippen LogP contribution in [0.1, 0.15) is 117 Å². The molecular formula is C37H51NO2. The van der Waals surface area contributed by atoms with E-state index >= 15 is 0 Å². The number of nitrogens with zero attached hydrogens (tertiary/aromatic N) is 1. The molecule has 3 saturated carbocycles. The summed E-state index contributed by atoms with van der Waals surface area (Å²) in [5.74, 6) is 5.64. The van der Waals surface area contributed by atoms with Gasteiger partial charge in [-0.2, -0.15) is 0 Å². The molecule has 3 nitrogen and oxygen atoms in total. The normalized spacial score (nSPS) is 38.4. The Morgan fingerprint density at radius 1 is 1.00 bits per heavy atom. The SMILES string of the molecule is C#CC1(O)CCC2C3CCC4=Cc5oncc5CC4(C)C3CCC21C.CC1=CCCC(C)=CCC(C)(C)C=CC1. The highest BCUT2D eigenvalue weighted by molar-refractivity contribution is 5.57. The van der Waals surface area contributed by atoms with Gasteiger partial charge in [0.1, 0.15) is 5.60 Å². The molecule has 1 N–H and O–H groups in total. The van der Waals surface area contributed by atoms with E-state index in [1.165, 1.54) is 36.0 Å². The van der Waals surface area contributed by atoms with Crippen LogP contribution in [0, 0.1) is 46.3 Å². The van der Waals surface area contributed by atoms with Crippen LogP contribution in [-0.2, 0) is 6.42 Å². The van der Waals surface area contributed by atoms with Gasteiger partial charge in [0, 0.05) is 11.0 Å². The molecule has 0 bridgehead atoms. The molecule has 0 saturated heterocycles. The van der Waals surface area contributed by atoms with Crippen LogP contribution in [0.5, 0.6) is 0 Å². The molecule has 0 aromatic carbocycles. The van der Waals surface area contributed by atoms with Crippen molar-refractivity contribution < 1.29 is 9.63 Å². The standard InChI is InChI=1S/C22H27NO2.C15H24/c1-4-22(24)10-8-18-16-6-5-15-11-19-14(13-23-25-19)12-20(15,2)17(16)7-9-21(18,22)3;1-13-7-5-8-14(2)10-12-15(3,4)11-6-9-13/h1,11,13,16-18,24H,5-10,12H2,2-3H3;6-7,10-11H,5,8-9,12H2,1-4H3. The maximum Gasteiger partial charge on any atom is 0.162 e. The van der Waals surface area contributed by atoms with E-state index in [4.69, 9.17) is 10.9 Å². The van der Waals surface area contributed by atoms with E-state index in [0.29, 0.717) is 23.2 Å². The minimum absolute atomic E-state index is 0.114. The summed E-state index contributed by atoms with van der Waals surface area (Å²) in [6, 6.07) is 0. The number of hydrogen-bond donors (Lipinski definition) is 1. The van der Waals surface area contributed by atoms with Crippen molar-refractivity contribution in [3.05, 3.63) is 58.5 Å². The zero-order chi connectivity index (χ0) is 28.8. The van der Waals surface area contributed by atoms with Crippen LogP contribution in [0.3, 0.4) is 0 Å².